The Balaban J connectivity index is 1.80. The Kier molecular flexibility index (Phi) is 4.51. The number of rotatable bonds is 4. The van der Waals surface area contributed by atoms with Crippen LogP contribution in [-0.2, 0) is 13.5 Å². The van der Waals surface area contributed by atoms with Gasteiger partial charge in [-0.1, -0.05) is 48.5 Å². The minimum absolute atomic E-state index is 0.750. The van der Waals surface area contributed by atoms with Crippen molar-refractivity contribution < 1.29 is 14.0 Å². The van der Waals surface area contributed by atoms with Crippen LogP contribution in [0.5, 0.6) is 11.5 Å². The van der Waals surface area contributed by atoms with Crippen molar-refractivity contribution in [3.05, 3.63) is 90.3 Å². The van der Waals surface area contributed by atoms with E-state index in [4.69, 9.17) is 9.47 Å². The molecule has 1 aromatic heterocycles. The molecule has 0 aliphatic rings. The molecule has 0 aliphatic heterocycles. The van der Waals surface area contributed by atoms with E-state index in [9.17, 15) is 0 Å². The third kappa shape index (κ3) is 2.94. The van der Waals surface area contributed by atoms with E-state index in [1.54, 1.807) is 14.2 Å². The van der Waals surface area contributed by atoms with E-state index in [2.05, 4.69) is 90.6 Å². The number of hydrogen-bond acceptors (Lipinski definition) is 2. The maximum absolute atomic E-state index is 5.60. The van der Waals surface area contributed by atoms with Gasteiger partial charge in [0.2, 0.25) is 0 Å². The van der Waals surface area contributed by atoms with Crippen molar-refractivity contribution in [2.45, 2.75) is 6.42 Å². The van der Waals surface area contributed by atoms with E-state index in [0.29, 0.717) is 0 Å². The summed E-state index contributed by atoms with van der Waals surface area (Å²) >= 11 is 0. The number of aromatic nitrogens is 1. The van der Waals surface area contributed by atoms with Gasteiger partial charge in [-0.2, -0.15) is 0 Å². The average Bonchev–Trinajstić information content (AvgIpc) is 2.79. The molecule has 0 spiro atoms. The molecule has 0 N–H and O–H groups in total. The van der Waals surface area contributed by atoms with Gasteiger partial charge >= 0.3 is 0 Å². The van der Waals surface area contributed by atoms with Crippen LogP contribution < -0.4 is 14.0 Å². The maximum Gasteiger partial charge on any atom is 0.193 e. The Bertz CT molecular complexity index is 1350. The number of hydrogen-bond donors (Lipinski definition) is 0. The summed E-state index contributed by atoms with van der Waals surface area (Å²) in [5.74, 6) is 1.50. The van der Waals surface area contributed by atoms with Crippen molar-refractivity contribution in [3.8, 4) is 11.5 Å². The van der Waals surface area contributed by atoms with Gasteiger partial charge < -0.3 is 9.47 Å². The standard InChI is InChI=1S/C27H24NO2/c1-28-13-12-20-15-26(29-2)27(30-3)17-23(20)25(28)16-24-21-10-6-4-8-18(21)14-19-9-5-7-11-22(19)24/h4-15,17H,16H2,1-3H3/q+1. The van der Waals surface area contributed by atoms with Gasteiger partial charge in [0, 0.05) is 6.07 Å². The Morgan fingerprint density at radius 3 is 1.87 bits per heavy atom. The SMILES string of the molecule is COc1cc2cc[n+](C)c(Cc3c4ccccc4cc4ccccc34)c2cc1OC. The zero-order chi connectivity index (χ0) is 20.7. The lowest BCUT2D eigenvalue weighted by atomic mass is 9.92. The molecular formula is C27H24NO2+. The average molecular weight is 394 g/mol. The van der Waals surface area contributed by atoms with Crippen molar-refractivity contribution in [1.82, 2.24) is 0 Å². The summed E-state index contributed by atoms with van der Waals surface area (Å²) in [5, 5.41) is 7.46. The predicted octanol–water partition coefficient (Wildman–Crippen LogP) is 5.58. The van der Waals surface area contributed by atoms with Crippen LogP contribution in [0.25, 0.3) is 32.3 Å². The zero-order valence-corrected chi connectivity index (χ0v) is 17.5. The first kappa shape index (κ1) is 18.4. The first-order valence-corrected chi connectivity index (χ1v) is 10.1. The van der Waals surface area contributed by atoms with Crippen molar-refractivity contribution in [1.29, 1.82) is 0 Å². The van der Waals surface area contributed by atoms with E-state index in [1.165, 1.54) is 38.2 Å². The van der Waals surface area contributed by atoms with Crippen LogP contribution in [0, 0.1) is 0 Å². The molecule has 5 aromatic rings. The number of nitrogens with zero attached hydrogens (tertiary/aromatic N) is 1. The molecule has 1 heterocycles. The fraction of sp³-hybridized carbons (Fsp3) is 0.148. The van der Waals surface area contributed by atoms with E-state index >= 15 is 0 Å². The van der Waals surface area contributed by atoms with Crippen LogP contribution in [0.15, 0.2) is 79.0 Å². The lowest BCUT2D eigenvalue weighted by Crippen LogP contribution is -2.33. The number of ether oxygens (including phenoxy) is 2. The smallest absolute Gasteiger partial charge is 0.193 e. The number of pyridine rings is 1. The highest BCUT2D eigenvalue weighted by atomic mass is 16.5. The van der Waals surface area contributed by atoms with E-state index in [-0.39, 0.29) is 0 Å². The monoisotopic (exact) mass is 394 g/mol. The molecule has 0 amide bonds. The maximum atomic E-state index is 5.60. The fourth-order valence-electron chi connectivity index (χ4n) is 4.44. The molecule has 3 heteroatoms. The Morgan fingerprint density at radius 2 is 1.23 bits per heavy atom. The van der Waals surface area contributed by atoms with Gasteiger partial charge in [0.25, 0.3) is 0 Å². The largest absolute Gasteiger partial charge is 0.493 e. The molecule has 148 valence electrons. The van der Waals surface area contributed by atoms with Gasteiger partial charge in [-0.25, -0.2) is 4.57 Å². The minimum Gasteiger partial charge on any atom is -0.493 e. The van der Waals surface area contributed by atoms with Crippen LogP contribution in [0.3, 0.4) is 0 Å². The molecule has 3 nitrogen and oxygen atoms in total. The number of methoxy groups -OCH3 is 2. The van der Waals surface area contributed by atoms with Crippen LogP contribution in [0.1, 0.15) is 11.3 Å². The van der Waals surface area contributed by atoms with Crippen molar-refractivity contribution >= 4 is 32.3 Å². The molecule has 0 atom stereocenters. The Hall–Kier alpha value is -3.59. The molecule has 0 radical (unpaired) electrons. The number of benzene rings is 4. The van der Waals surface area contributed by atoms with Crippen molar-refractivity contribution in [2.75, 3.05) is 14.2 Å². The molecule has 0 aliphatic carbocycles. The quantitative estimate of drug-likeness (QED) is 0.293. The van der Waals surface area contributed by atoms with Crippen LogP contribution in [-0.4, -0.2) is 14.2 Å². The van der Waals surface area contributed by atoms with E-state index in [0.717, 1.165) is 23.3 Å². The second-order valence-electron chi connectivity index (χ2n) is 7.64. The van der Waals surface area contributed by atoms with Crippen LogP contribution >= 0.6 is 0 Å². The first-order chi connectivity index (χ1) is 14.7. The summed E-state index contributed by atoms with van der Waals surface area (Å²) < 4.78 is 13.3. The summed E-state index contributed by atoms with van der Waals surface area (Å²) in [6.45, 7) is 0. The van der Waals surface area contributed by atoms with Gasteiger partial charge in [-0.05, 0) is 50.7 Å². The molecule has 0 saturated heterocycles. The highest BCUT2D eigenvalue weighted by Crippen LogP contribution is 2.35. The molecule has 0 saturated carbocycles. The molecule has 0 unspecified atom stereocenters. The lowest BCUT2D eigenvalue weighted by Gasteiger charge is -2.13. The van der Waals surface area contributed by atoms with E-state index in [1.807, 2.05) is 0 Å². The first-order valence-electron chi connectivity index (χ1n) is 10.1. The lowest BCUT2D eigenvalue weighted by molar-refractivity contribution is -0.677. The van der Waals surface area contributed by atoms with Gasteiger partial charge in [-0.15, -0.1) is 0 Å². The van der Waals surface area contributed by atoms with Crippen molar-refractivity contribution in [2.24, 2.45) is 7.05 Å². The summed E-state index contributed by atoms with van der Waals surface area (Å²) in [6, 6.07) is 25.9. The zero-order valence-electron chi connectivity index (χ0n) is 17.5. The fourth-order valence-corrected chi connectivity index (χ4v) is 4.44. The molecule has 0 bridgehead atoms. The van der Waals surface area contributed by atoms with Crippen molar-refractivity contribution in [3.63, 3.8) is 0 Å². The van der Waals surface area contributed by atoms with Crippen LogP contribution in [0.4, 0.5) is 0 Å². The summed E-state index contributed by atoms with van der Waals surface area (Å²) in [5.41, 5.74) is 2.59. The summed E-state index contributed by atoms with van der Waals surface area (Å²) in [6.07, 6.45) is 2.95. The molecule has 5 rings (SSSR count). The summed E-state index contributed by atoms with van der Waals surface area (Å²) in [4.78, 5) is 0. The predicted molar refractivity (Wildman–Crippen MR) is 122 cm³/mol. The second kappa shape index (κ2) is 7.34. The second-order valence-corrected chi connectivity index (χ2v) is 7.64. The van der Waals surface area contributed by atoms with Gasteiger partial charge in [0.05, 0.1) is 26.0 Å². The summed E-state index contributed by atoms with van der Waals surface area (Å²) in [7, 11) is 5.47. The number of fused-ring (bicyclic) bond motifs is 3. The van der Waals surface area contributed by atoms with Gasteiger partial charge in [-0.3, -0.25) is 0 Å². The Labute approximate surface area is 176 Å². The molecule has 0 fully saturated rings. The normalized spacial score (nSPS) is 11.3. The minimum atomic E-state index is 0.750. The van der Waals surface area contributed by atoms with Gasteiger partial charge in [0.1, 0.15) is 7.05 Å². The molecular weight excluding hydrogens is 370 g/mol. The third-order valence-electron chi connectivity index (χ3n) is 6.00. The molecule has 4 aromatic carbocycles. The van der Waals surface area contributed by atoms with Crippen LogP contribution in [0.2, 0.25) is 0 Å². The highest BCUT2D eigenvalue weighted by Gasteiger charge is 2.19. The topological polar surface area (TPSA) is 22.3 Å². The van der Waals surface area contributed by atoms with Gasteiger partial charge in [0.15, 0.2) is 23.4 Å². The number of aryl methyl sites for hydroxylation is 1. The molecule has 30 heavy (non-hydrogen) atoms. The van der Waals surface area contributed by atoms with E-state index < -0.39 is 0 Å². The Morgan fingerprint density at radius 1 is 0.667 bits per heavy atom. The third-order valence-corrected chi connectivity index (χ3v) is 6.00. The highest BCUT2D eigenvalue weighted by molar-refractivity contribution is 6.02.